The molecule has 0 saturated heterocycles. The van der Waals surface area contributed by atoms with Gasteiger partial charge in [-0.2, -0.15) is 5.10 Å². The van der Waals surface area contributed by atoms with Crippen molar-refractivity contribution in [2.24, 2.45) is 10.8 Å². The SMILES string of the molecule is NC1=NN(c2ccc3ncccc3c2)CC1. The first-order valence-corrected chi connectivity index (χ1v) is 5.28. The molecule has 1 aromatic carbocycles. The summed E-state index contributed by atoms with van der Waals surface area (Å²) in [7, 11) is 0. The van der Waals surface area contributed by atoms with E-state index in [1.165, 1.54) is 0 Å². The van der Waals surface area contributed by atoms with Crippen LogP contribution in [-0.4, -0.2) is 17.4 Å². The van der Waals surface area contributed by atoms with Gasteiger partial charge >= 0.3 is 0 Å². The van der Waals surface area contributed by atoms with Gasteiger partial charge in [-0.05, 0) is 24.3 Å². The fourth-order valence-corrected chi connectivity index (χ4v) is 1.89. The van der Waals surface area contributed by atoms with Crippen LogP contribution in [0.15, 0.2) is 41.6 Å². The molecule has 0 fully saturated rings. The van der Waals surface area contributed by atoms with E-state index < -0.39 is 0 Å². The lowest BCUT2D eigenvalue weighted by Gasteiger charge is -2.13. The van der Waals surface area contributed by atoms with E-state index in [-0.39, 0.29) is 0 Å². The number of fused-ring (bicyclic) bond motifs is 1. The van der Waals surface area contributed by atoms with Gasteiger partial charge < -0.3 is 5.73 Å². The van der Waals surface area contributed by atoms with Gasteiger partial charge in [-0.3, -0.25) is 9.99 Å². The number of pyridine rings is 1. The number of amidine groups is 1. The number of rotatable bonds is 1. The van der Waals surface area contributed by atoms with Gasteiger partial charge in [0.2, 0.25) is 0 Å². The first-order chi connectivity index (χ1) is 7.83. The minimum Gasteiger partial charge on any atom is -0.386 e. The third-order valence-corrected chi connectivity index (χ3v) is 2.71. The Balaban J connectivity index is 2.05. The zero-order chi connectivity index (χ0) is 11.0. The van der Waals surface area contributed by atoms with E-state index in [1.807, 2.05) is 23.2 Å². The molecule has 2 aromatic rings. The molecule has 0 amide bonds. The molecule has 0 radical (unpaired) electrons. The van der Waals surface area contributed by atoms with Crippen LogP contribution in [0.1, 0.15) is 6.42 Å². The molecule has 80 valence electrons. The molecule has 1 aromatic heterocycles. The lowest BCUT2D eigenvalue weighted by molar-refractivity contribution is 0.923. The quantitative estimate of drug-likeness (QED) is 0.783. The minimum absolute atomic E-state index is 0.700. The minimum atomic E-state index is 0.700. The summed E-state index contributed by atoms with van der Waals surface area (Å²) in [5, 5.41) is 7.33. The van der Waals surface area contributed by atoms with E-state index in [2.05, 4.69) is 22.2 Å². The van der Waals surface area contributed by atoms with Crippen LogP contribution in [0, 0.1) is 0 Å². The highest BCUT2D eigenvalue weighted by Gasteiger charge is 2.13. The maximum atomic E-state index is 5.67. The van der Waals surface area contributed by atoms with E-state index in [4.69, 9.17) is 5.73 Å². The van der Waals surface area contributed by atoms with Gasteiger partial charge in [0.15, 0.2) is 0 Å². The van der Waals surface area contributed by atoms with Gasteiger partial charge in [0.25, 0.3) is 0 Å². The van der Waals surface area contributed by atoms with Crippen molar-refractivity contribution in [2.45, 2.75) is 6.42 Å². The number of aromatic nitrogens is 1. The van der Waals surface area contributed by atoms with Gasteiger partial charge in [-0.1, -0.05) is 6.07 Å². The molecule has 0 spiro atoms. The summed E-state index contributed by atoms with van der Waals surface area (Å²) in [6.07, 6.45) is 2.64. The molecule has 1 aliphatic rings. The van der Waals surface area contributed by atoms with E-state index in [0.29, 0.717) is 5.84 Å². The topological polar surface area (TPSA) is 54.5 Å². The maximum Gasteiger partial charge on any atom is 0.122 e. The van der Waals surface area contributed by atoms with Crippen molar-refractivity contribution in [1.82, 2.24) is 4.98 Å². The van der Waals surface area contributed by atoms with Crippen LogP contribution in [0.2, 0.25) is 0 Å². The number of hydrogen-bond donors (Lipinski definition) is 1. The summed E-state index contributed by atoms with van der Waals surface area (Å²) < 4.78 is 0. The number of hydrazone groups is 1. The molecule has 4 nitrogen and oxygen atoms in total. The number of nitrogens with two attached hydrogens (primary N) is 1. The molecule has 16 heavy (non-hydrogen) atoms. The molecule has 4 heteroatoms. The van der Waals surface area contributed by atoms with E-state index in [0.717, 1.165) is 29.6 Å². The maximum absolute atomic E-state index is 5.67. The molecule has 3 rings (SSSR count). The second-order valence-corrected chi connectivity index (χ2v) is 3.84. The number of anilines is 1. The Kier molecular flexibility index (Phi) is 1.99. The first kappa shape index (κ1) is 9.15. The Hall–Kier alpha value is -2.10. The normalized spacial score (nSPS) is 15.5. The Labute approximate surface area is 93.4 Å². The third-order valence-electron chi connectivity index (χ3n) is 2.71. The Morgan fingerprint density at radius 3 is 3.00 bits per heavy atom. The highest BCUT2D eigenvalue weighted by Crippen LogP contribution is 2.22. The fraction of sp³-hybridized carbons (Fsp3) is 0.167. The van der Waals surface area contributed by atoms with Gasteiger partial charge in [0, 0.05) is 24.5 Å². The van der Waals surface area contributed by atoms with Crippen molar-refractivity contribution in [1.29, 1.82) is 0 Å². The van der Waals surface area contributed by atoms with Crippen LogP contribution in [0.4, 0.5) is 5.69 Å². The predicted octanol–water partition coefficient (Wildman–Crippen LogP) is 1.72. The van der Waals surface area contributed by atoms with Gasteiger partial charge in [0.1, 0.15) is 5.84 Å². The lowest BCUT2D eigenvalue weighted by Crippen LogP contribution is -2.11. The summed E-state index contributed by atoms with van der Waals surface area (Å²) in [4.78, 5) is 4.28. The summed E-state index contributed by atoms with van der Waals surface area (Å²) >= 11 is 0. The molecule has 0 bridgehead atoms. The zero-order valence-electron chi connectivity index (χ0n) is 8.80. The smallest absolute Gasteiger partial charge is 0.122 e. The fourth-order valence-electron chi connectivity index (χ4n) is 1.89. The largest absolute Gasteiger partial charge is 0.386 e. The summed E-state index contributed by atoms with van der Waals surface area (Å²) in [6, 6.07) is 10.1. The van der Waals surface area contributed by atoms with Gasteiger partial charge in [0.05, 0.1) is 11.2 Å². The molecule has 2 N–H and O–H groups in total. The average molecular weight is 212 g/mol. The van der Waals surface area contributed by atoms with E-state index >= 15 is 0 Å². The van der Waals surface area contributed by atoms with Crippen molar-refractivity contribution < 1.29 is 0 Å². The van der Waals surface area contributed by atoms with Crippen molar-refractivity contribution in [3.63, 3.8) is 0 Å². The highest BCUT2D eigenvalue weighted by molar-refractivity contribution is 5.86. The molecular weight excluding hydrogens is 200 g/mol. The van der Waals surface area contributed by atoms with Crippen LogP contribution < -0.4 is 10.7 Å². The number of benzene rings is 1. The molecule has 0 aliphatic carbocycles. The molecular formula is C12H12N4. The van der Waals surface area contributed by atoms with Gasteiger partial charge in [-0.25, -0.2) is 0 Å². The van der Waals surface area contributed by atoms with E-state index in [9.17, 15) is 0 Å². The van der Waals surface area contributed by atoms with E-state index in [1.54, 1.807) is 6.20 Å². The van der Waals surface area contributed by atoms with Crippen LogP contribution in [0.5, 0.6) is 0 Å². The molecule has 0 saturated carbocycles. The van der Waals surface area contributed by atoms with Crippen LogP contribution in [0.25, 0.3) is 10.9 Å². The summed E-state index contributed by atoms with van der Waals surface area (Å²) in [5.74, 6) is 0.700. The Morgan fingerprint density at radius 1 is 1.25 bits per heavy atom. The van der Waals surface area contributed by atoms with Gasteiger partial charge in [-0.15, -0.1) is 0 Å². The first-order valence-electron chi connectivity index (χ1n) is 5.28. The second kappa shape index (κ2) is 3.48. The highest BCUT2D eigenvalue weighted by atomic mass is 15.5. The predicted molar refractivity (Wildman–Crippen MR) is 65.3 cm³/mol. The summed E-state index contributed by atoms with van der Waals surface area (Å²) in [5.41, 5.74) is 7.74. The van der Waals surface area contributed by atoms with Crippen LogP contribution >= 0.6 is 0 Å². The Morgan fingerprint density at radius 2 is 2.19 bits per heavy atom. The van der Waals surface area contributed by atoms with Crippen molar-refractivity contribution in [2.75, 3.05) is 11.6 Å². The summed E-state index contributed by atoms with van der Waals surface area (Å²) in [6.45, 7) is 0.859. The van der Waals surface area contributed by atoms with Crippen molar-refractivity contribution >= 4 is 22.4 Å². The van der Waals surface area contributed by atoms with Crippen LogP contribution in [0.3, 0.4) is 0 Å². The lowest BCUT2D eigenvalue weighted by atomic mass is 10.2. The standard InChI is InChI=1S/C12H12N4/c13-12-5-7-16(15-12)10-3-4-11-9(8-10)2-1-6-14-11/h1-4,6,8H,5,7H2,(H2,13,15). The number of nitrogens with zero attached hydrogens (tertiary/aromatic N) is 3. The third kappa shape index (κ3) is 1.48. The zero-order valence-corrected chi connectivity index (χ0v) is 8.80. The van der Waals surface area contributed by atoms with Crippen molar-refractivity contribution in [3.05, 3.63) is 36.5 Å². The monoisotopic (exact) mass is 212 g/mol. The number of hydrogen-bond acceptors (Lipinski definition) is 4. The Bertz CT molecular complexity index is 562. The molecule has 0 atom stereocenters. The van der Waals surface area contributed by atoms with Crippen molar-refractivity contribution in [3.8, 4) is 0 Å². The average Bonchev–Trinajstić information content (AvgIpc) is 2.75. The molecule has 2 heterocycles. The second-order valence-electron chi connectivity index (χ2n) is 3.84. The molecule has 0 unspecified atom stereocenters. The van der Waals surface area contributed by atoms with Crippen LogP contribution in [-0.2, 0) is 0 Å². The molecule has 1 aliphatic heterocycles.